The number of hydrazine groups is 1. The van der Waals surface area contributed by atoms with E-state index in [4.69, 9.17) is 14.3 Å². The standard InChI is InChI=1S/C21H18N4O6/c1-25-16(21(28)31-24-25)10-15(23-19(26)14-5-3-2-4-6-14)20(27)22-11-13-7-8-17-18(9-13)30-12-29-17/h2-10,24H,11-12H2,1H3,(H,22,27)/b16-10+,23-15?. The summed E-state index contributed by atoms with van der Waals surface area (Å²) in [5, 5.41) is 3.97. The van der Waals surface area contributed by atoms with E-state index in [2.05, 4.69) is 15.9 Å². The fourth-order valence-corrected chi connectivity index (χ4v) is 2.86. The smallest absolute Gasteiger partial charge is 0.376 e. The molecular weight excluding hydrogens is 404 g/mol. The van der Waals surface area contributed by atoms with Gasteiger partial charge in [0, 0.05) is 25.2 Å². The Morgan fingerprint density at radius 2 is 1.94 bits per heavy atom. The van der Waals surface area contributed by atoms with Crippen molar-refractivity contribution in [1.29, 1.82) is 0 Å². The Morgan fingerprint density at radius 3 is 2.68 bits per heavy atom. The van der Waals surface area contributed by atoms with Gasteiger partial charge in [-0.3, -0.25) is 14.6 Å². The van der Waals surface area contributed by atoms with E-state index in [-0.39, 0.29) is 24.7 Å². The molecule has 2 aliphatic heterocycles. The molecule has 2 N–H and O–H groups in total. The van der Waals surface area contributed by atoms with Gasteiger partial charge in [-0.25, -0.2) is 9.79 Å². The second-order valence-electron chi connectivity index (χ2n) is 6.61. The zero-order chi connectivity index (χ0) is 21.8. The number of hydrogen-bond donors (Lipinski definition) is 2. The first-order chi connectivity index (χ1) is 15.0. The van der Waals surface area contributed by atoms with Gasteiger partial charge in [0.15, 0.2) is 11.5 Å². The van der Waals surface area contributed by atoms with Crippen molar-refractivity contribution < 1.29 is 28.7 Å². The molecule has 0 bridgehead atoms. The van der Waals surface area contributed by atoms with E-state index < -0.39 is 17.8 Å². The van der Waals surface area contributed by atoms with Crippen LogP contribution in [0.5, 0.6) is 11.5 Å². The van der Waals surface area contributed by atoms with E-state index in [1.54, 1.807) is 48.5 Å². The number of amides is 2. The molecule has 0 aliphatic carbocycles. The van der Waals surface area contributed by atoms with Gasteiger partial charge in [-0.2, -0.15) is 0 Å². The van der Waals surface area contributed by atoms with Crippen molar-refractivity contribution >= 4 is 23.5 Å². The summed E-state index contributed by atoms with van der Waals surface area (Å²) in [5.74, 6) is -0.740. The molecule has 2 amide bonds. The van der Waals surface area contributed by atoms with Gasteiger partial charge in [0.1, 0.15) is 11.4 Å². The number of nitrogens with zero attached hydrogens (tertiary/aromatic N) is 2. The molecule has 0 atom stereocenters. The van der Waals surface area contributed by atoms with Crippen LogP contribution in [0.25, 0.3) is 0 Å². The summed E-state index contributed by atoms with van der Waals surface area (Å²) in [6, 6.07) is 13.6. The number of nitrogens with one attached hydrogen (secondary N) is 2. The van der Waals surface area contributed by atoms with E-state index in [1.165, 1.54) is 18.1 Å². The zero-order valence-corrected chi connectivity index (χ0v) is 16.5. The molecule has 0 spiro atoms. The normalized spacial score (nSPS) is 16.4. The number of carbonyl (C=O) groups is 3. The van der Waals surface area contributed by atoms with Crippen LogP contribution in [0.2, 0.25) is 0 Å². The van der Waals surface area contributed by atoms with Crippen LogP contribution in [0.15, 0.2) is 65.3 Å². The number of benzene rings is 2. The maximum Gasteiger partial charge on any atom is 0.376 e. The fourth-order valence-electron chi connectivity index (χ4n) is 2.86. The van der Waals surface area contributed by atoms with Crippen LogP contribution in [0.1, 0.15) is 15.9 Å². The molecule has 0 unspecified atom stereocenters. The van der Waals surface area contributed by atoms with Crippen molar-refractivity contribution in [2.24, 2.45) is 4.99 Å². The molecule has 1 fully saturated rings. The summed E-state index contributed by atoms with van der Waals surface area (Å²) in [7, 11) is 1.53. The van der Waals surface area contributed by atoms with Crippen LogP contribution in [0.3, 0.4) is 0 Å². The number of carbonyl (C=O) groups excluding carboxylic acids is 3. The Kier molecular flexibility index (Phi) is 5.63. The van der Waals surface area contributed by atoms with Gasteiger partial charge in [-0.1, -0.05) is 29.9 Å². The number of ether oxygens (including phenoxy) is 2. The van der Waals surface area contributed by atoms with Crippen LogP contribution >= 0.6 is 0 Å². The monoisotopic (exact) mass is 422 g/mol. The lowest BCUT2D eigenvalue weighted by molar-refractivity contribution is -0.142. The maximum absolute atomic E-state index is 12.8. The quantitative estimate of drug-likeness (QED) is 0.543. The molecule has 1 saturated heterocycles. The lowest BCUT2D eigenvalue weighted by Crippen LogP contribution is -2.32. The molecule has 31 heavy (non-hydrogen) atoms. The van der Waals surface area contributed by atoms with E-state index >= 15 is 0 Å². The molecule has 10 nitrogen and oxygen atoms in total. The molecule has 2 aromatic rings. The Hall–Kier alpha value is -4.18. The topological polar surface area (TPSA) is 119 Å². The number of likely N-dealkylation sites (N-methyl/N-ethyl adjacent to an activating group) is 1. The SMILES string of the molecule is CN1NOC(=O)/C1=C\C(=NC(=O)c1ccccc1)C(=O)NCc1ccc2c(c1)OCO2. The minimum Gasteiger partial charge on any atom is -0.454 e. The average molecular weight is 422 g/mol. The molecule has 0 radical (unpaired) electrons. The first-order valence-corrected chi connectivity index (χ1v) is 9.28. The van der Waals surface area contributed by atoms with Crippen molar-refractivity contribution in [2.45, 2.75) is 6.54 Å². The number of rotatable bonds is 5. The van der Waals surface area contributed by atoms with Crippen LogP contribution in [0.4, 0.5) is 0 Å². The minimum atomic E-state index is -0.703. The van der Waals surface area contributed by atoms with Crippen LogP contribution in [-0.4, -0.2) is 42.3 Å². The Morgan fingerprint density at radius 1 is 1.16 bits per heavy atom. The first kappa shape index (κ1) is 20.1. The van der Waals surface area contributed by atoms with E-state index in [0.29, 0.717) is 17.1 Å². The molecule has 2 heterocycles. The summed E-state index contributed by atoms with van der Waals surface area (Å²) in [5.41, 5.74) is 3.21. The molecule has 2 aromatic carbocycles. The van der Waals surface area contributed by atoms with E-state index in [9.17, 15) is 14.4 Å². The highest BCUT2D eigenvalue weighted by Crippen LogP contribution is 2.32. The molecule has 4 rings (SSSR count). The van der Waals surface area contributed by atoms with Crippen molar-refractivity contribution in [3.63, 3.8) is 0 Å². The van der Waals surface area contributed by atoms with Gasteiger partial charge in [-0.15, -0.1) is 0 Å². The number of aliphatic imine (C=N–C) groups is 1. The number of hydrogen-bond acceptors (Lipinski definition) is 8. The largest absolute Gasteiger partial charge is 0.454 e. The second kappa shape index (κ2) is 8.67. The van der Waals surface area contributed by atoms with Gasteiger partial charge in [-0.05, 0) is 29.8 Å². The highest BCUT2D eigenvalue weighted by Gasteiger charge is 2.26. The van der Waals surface area contributed by atoms with Crippen molar-refractivity contribution in [3.05, 3.63) is 71.4 Å². The molecule has 2 aliphatic rings. The highest BCUT2D eigenvalue weighted by atomic mass is 16.7. The van der Waals surface area contributed by atoms with Gasteiger partial charge in [0.25, 0.3) is 11.8 Å². The Bertz CT molecular complexity index is 1100. The minimum absolute atomic E-state index is 0.0258. The predicted molar refractivity (Wildman–Crippen MR) is 108 cm³/mol. The summed E-state index contributed by atoms with van der Waals surface area (Å²) in [4.78, 5) is 45.9. The van der Waals surface area contributed by atoms with Gasteiger partial charge in [0.2, 0.25) is 6.79 Å². The van der Waals surface area contributed by atoms with Crippen LogP contribution in [-0.2, 0) is 21.0 Å². The third kappa shape index (κ3) is 4.54. The lowest BCUT2D eigenvalue weighted by Gasteiger charge is -2.09. The van der Waals surface area contributed by atoms with Crippen molar-refractivity contribution in [3.8, 4) is 11.5 Å². The lowest BCUT2D eigenvalue weighted by atomic mass is 10.2. The molecule has 0 aromatic heterocycles. The average Bonchev–Trinajstić information content (AvgIpc) is 3.38. The van der Waals surface area contributed by atoms with Crippen LogP contribution < -0.4 is 20.4 Å². The third-order valence-electron chi connectivity index (χ3n) is 4.48. The van der Waals surface area contributed by atoms with Crippen molar-refractivity contribution in [2.75, 3.05) is 13.8 Å². The number of fused-ring (bicyclic) bond motifs is 1. The second-order valence-corrected chi connectivity index (χ2v) is 6.61. The molecule has 158 valence electrons. The Labute approximate surface area is 177 Å². The summed E-state index contributed by atoms with van der Waals surface area (Å²) in [6.07, 6.45) is 1.19. The van der Waals surface area contributed by atoms with E-state index in [0.717, 1.165) is 5.56 Å². The van der Waals surface area contributed by atoms with Gasteiger partial charge in [0.05, 0.1) is 0 Å². The Balaban J connectivity index is 1.56. The summed E-state index contributed by atoms with van der Waals surface area (Å²) in [6.45, 7) is 0.296. The van der Waals surface area contributed by atoms with Crippen molar-refractivity contribution in [1.82, 2.24) is 15.9 Å². The predicted octanol–water partition coefficient (Wildman–Crippen LogP) is 1.10. The maximum atomic E-state index is 12.8. The summed E-state index contributed by atoms with van der Waals surface area (Å²) >= 11 is 0. The molecule has 0 saturated carbocycles. The van der Waals surface area contributed by atoms with E-state index in [1.807, 2.05) is 0 Å². The third-order valence-corrected chi connectivity index (χ3v) is 4.48. The highest BCUT2D eigenvalue weighted by molar-refractivity contribution is 6.45. The molecular formula is C21H18N4O6. The summed E-state index contributed by atoms with van der Waals surface area (Å²) < 4.78 is 10.6. The molecule has 10 heteroatoms. The zero-order valence-electron chi connectivity index (χ0n) is 16.5. The van der Waals surface area contributed by atoms with Gasteiger partial charge < -0.3 is 19.6 Å². The van der Waals surface area contributed by atoms with Crippen LogP contribution in [0, 0.1) is 0 Å². The fraction of sp³-hybridized carbons (Fsp3) is 0.143. The first-order valence-electron chi connectivity index (χ1n) is 9.28. The van der Waals surface area contributed by atoms with Gasteiger partial charge >= 0.3 is 5.97 Å².